The van der Waals surface area contributed by atoms with Gasteiger partial charge in [-0.25, -0.2) is 0 Å². The molecule has 0 bridgehead atoms. The Morgan fingerprint density at radius 2 is 1.86 bits per heavy atom. The molecule has 8 nitrogen and oxygen atoms in total. The van der Waals surface area contributed by atoms with Crippen molar-refractivity contribution in [2.75, 3.05) is 11.9 Å². The van der Waals surface area contributed by atoms with Crippen LogP contribution in [-0.2, 0) is 0 Å². The molecular weight excluding hydrogens is 356 g/mol. The second-order valence-electron chi connectivity index (χ2n) is 6.27. The minimum Gasteiger partial charge on any atom is -0.328 e. The summed E-state index contributed by atoms with van der Waals surface area (Å²) in [5.41, 5.74) is 1.00. The van der Waals surface area contributed by atoms with Gasteiger partial charge >= 0.3 is 0 Å². The van der Waals surface area contributed by atoms with E-state index in [0.717, 1.165) is 22.8 Å². The second kappa shape index (κ2) is 6.58. The highest BCUT2D eigenvalue weighted by Crippen LogP contribution is 2.33. The number of nitro benzene ring substituents is 1. The molecule has 0 saturated carbocycles. The van der Waals surface area contributed by atoms with E-state index in [1.54, 1.807) is 6.07 Å². The number of nitrogens with one attached hydrogen (secondary N) is 2. The maximum atomic E-state index is 11.2. The molecule has 0 saturated heterocycles. The average molecular weight is 372 g/mol. The molecule has 0 atom stereocenters. The molecule has 0 unspecified atom stereocenters. The van der Waals surface area contributed by atoms with E-state index in [4.69, 9.17) is 10.8 Å². The van der Waals surface area contributed by atoms with Crippen LogP contribution in [0.4, 0.5) is 17.2 Å². The van der Waals surface area contributed by atoms with Crippen LogP contribution in [0.2, 0.25) is 0 Å². The van der Waals surface area contributed by atoms with Crippen LogP contribution < -0.4 is 10.5 Å². The zero-order chi connectivity index (χ0) is 19.8. The molecule has 0 aliphatic carbocycles. The highest BCUT2D eigenvalue weighted by atomic mass is 16.6. The van der Waals surface area contributed by atoms with Gasteiger partial charge in [-0.05, 0) is 17.5 Å². The van der Waals surface area contributed by atoms with E-state index in [1.807, 2.05) is 54.4 Å². The van der Waals surface area contributed by atoms with Crippen LogP contribution in [-0.4, -0.2) is 27.9 Å². The maximum absolute atomic E-state index is 11.2. The zero-order valence-corrected chi connectivity index (χ0v) is 15.0. The third kappa shape index (κ3) is 2.67. The molecule has 0 aliphatic heterocycles. The van der Waals surface area contributed by atoms with Crippen LogP contribution in [0.3, 0.4) is 0 Å². The quantitative estimate of drug-likeness (QED) is 0.245. The summed E-state index contributed by atoms with van der Waals surface area (Å²) in [6, 6.07) is 18.3. The fourth-order valence-electron chi connectivity index (χ4n) is 3.35. The predicted molar refractivity (Wildman–Crippen MR) is 108 cm³/mol. The molecule has 0 fully saturated rings. The van der Waals surface area contributed by atoms with Crippen molar-refractivity contribution in [1.29, 1.82) is 10.8 Å². The summed E-state index contributed by atoms with van der Waals surface area (Å²) in [6.45, 7) is 0. The molecule has 4 aromatic rings. The van der Waals surface area contributed by atoms with Crippen molar-refractivity contribution in [3.63, 3.8) is 0 Å². The summed E-state index contributed by atoms with van der Waals surface area (Å²) in [7, 11) is 1.85. The Morgan fingerprint density at radius 3 is 2.61 bits per heavy atom. The van der Waals surface area contributed by atoms with Crippen molar-refractivity contribution < 1.29 is 4.92 Å². The molecule has 8 heteroatoms. The lowest BCUT2D eigenvalue weighted by Crippen LogP contribution is -2.26. The number of fused-ring (bicyclic) bond motifs is 2. The first-order chi connectivity index (χ1) is 13.5. The molecule has 3 aromatic carbocycles. The molecular formula is C20H16N6O2. The van der Waals surface area contributed by atoms with Crippen molar-refractivity contribution in [1.82, 2.24) is 9.55 Å². The lowest BCUT2D eigenvalue weighted by Gasteiger charge is -2.22. The van der Waals surface area contributed by atoms with Gasteiger partial charge in [0.25, 0.3) is 5.69 Å². The van der Waals surface area contributed by atoms with Gasteiger partial charge in [0.05, 0.1) is 16.8 Å². The van der Waals surface area contributed by atoms with Crippen molar-refractivity contribution in [3.8, 4) is 0 Å². The molecule has 28 heavy (non-hydrogen) atoms. The van der Waals surface area contributed by atoms with Gasteiger partial charge in [0.2, 0.25) is 5.62 Å². The maximum Gasteiger partial charge on any atom is 0.271 e. The summed E-state index contributed by atoms with van der Waals surface area (Å²) in [4.78, 5) is 16.9. The molecule has 0 spiro atoms. The first kappa shape index (κ1) is 17.3. The van der Waals surface area contributed by atoms with Crippen LogP contribution in [0.1, 0.15) is 0 Å². The Balaban J connectivity index is 2.02. The lowest BCUT2D eigenvalue weighted by atomic mass is 10.1. The topological polar surface area (TPSA) is 112 Å². The number of aromatic nitrogens is 2. The predicted octanol–water partition coefficient (Wildman–Crippen LogP) is 3.80. The monoisotopic (exact) mass is 372 g/mol. The molecule has 2 N–H and O–H groups in total. The van der Waals surface area contributed by atoms with Gasteiger partial charge in [0.15, 0.2) is 0 Å². The number of anilines is 2. The SMILES string of the molecule is CN(c1cccc2ccccc12)c1nc(=N)n(C=N)c2cc([N+](=O)[O-])ccc12. The number of hydrogen-bond acceptors (Lipinski definition) is 6. The smallest absolute Gasteiger partial charge is 0.271 e. The molecule has 138 valence electrons. The van der Waals surface area contributed by atoms with E-state index < -0.39 is 4.92 Å². The van der Waals surface area contributed by atoms with Crippen molar-refractivity contribution in [3.05, 3.63) is 76.4 Å². The van der Waals surface area contributed by atoms with Crippen LogP contribution in [0, 0.1) is 20.9 Å². The summed E-state index contributed by atoms with van der Waals surface area (Å²) in [5.74, 6) is 0.490. The molecule has 4 rings (SSSR count). The molecule has 0 aliphatic rings. The number of benzene rings is 3. The Hall–Kier alpha value is -4.07. The van der Waals surface area contributed by atoms with Gasteiger partial charge in [0, 0.05) is 35.6 Å². The van der Waals surface area contributed by atoms with E-state index in [0.29, 0.717) is 16.7 Å². The highest BCUT2D eigenvalue weighted by molar-refractivity contribution is 6.00. The third-order valence-corrected chi connectivity index (χ3v) is 4.71. The highest BCUT2D eigenvalue weighted by Gasteiger charge is 2.17. The molecule has 1 aromatic heterocycles. The Kier molecular flexibility index (Phi) is 4.08. The number of rotatable bonds is 4. The van der Waals surface area contributed by atoms with Gasteiger partial charge in [-0.1, -0.05) is 36.4 Å². The summed E-state index contributed by atoms with van der Waals surface area (Å²) < 4.78 is 1.21. The molecule has 1 heterocycles. The third-order valence-electron chi connectivity index (χ3n) is 4.71. The van der Waals surface area contributed by atoms with E-state index in [1.165, 1.54) is 16.7 Å². The average Bonchev–Trinajstić information content (AvgIpc) is 2.71. The molecule has 0 radical (unpaired) electrons. The number of non-ortho nitro benzene ring substituents is 1. The minimum atomic E-state index is -0.494. The van der Waals surface area contributed by atoms with Gasteiger partial charge in [-0.15, -0.1) is 0 Å². The van der Waals surface area contributed by atoms with Crippen LogP contribution in [0.15, 0.2) is 60.7 Å². The summed E-state index contributed by atoms with van der Waals surface area (Å²) >= 11 is 0. The Bertz CT molecular complexity index is 1310. The lowest BCUT2D eigenvalue weighted by molar-refractivity contribution is -0.384. The Morgan fingerprint density at radius 1 is 1.11 bits per heavy atom. The van der Waals surface area contributed by atoms with Crippen molar-refractivity contribution in [2.45, 2.75) is 0 Å². The van der Waals surface area contributed by atoms with E-state index >= 15 is 0 Å². The first-order valence-electron chi connectivity index (χ1n) is 8.48. The van der Waals surface area contributed by atoms with Crippen LogP contribution in [0.25, 0.3) is 21.7 Å². The molecule has 0 amide bonds. The number of nitro groups is 1. The van der Waals surface area contributed by atoms with Crippen LogP contribution >= 0.6 is 0 Å². The van der Waals surface area contributed by atoms with Gasteiger partial charge in [-0.2, -0.15) is 4.98 Å². The normalized spacial score (nSPS) is 10.9. The van der Waals surface area contributed by atoms with E-state index in [2.05, 4.69) is 4.98 Å². The number of hydrogen-bond donors (Lipinski definition) is 2. The van der Waals surface area contributed by atoms with E-state index in [-0.39, 0.29) is 11.3 Å². The standard InChI is InChI=1S/C20H16N6O2/c1-24(17-8-4-6-13-5-2-3-7-15(13)17)19-16-10-9-14(26(27)28)11-18(16)25(12-21)20(22)23-19/h2-12,21-22H,1H3. The fraction of sp³-hybridized carbons (Fsp3) is 0.0500. The van der Waals surface area contributed by atoms with Gasteiger partial charge in [-0.3, -0.25) is 25.5 Å². The second-order valence-corrected chi connectivity index (χ2v) is 6.27. The first-order valence-corrected chi connectivity index (χ1v) is 8.48. The number of nitrogens with zero attached hydrogens (tertiary/aromatic N) is 4. The Labute approximate surface area is 159 Å². The zero-order valence-electron chi connectivity index (χ0n) is 15.0. The minimum absolute atomic E-state index is 0.104. The summed E-state index contributed by atoms with van der Waals surface area (Å²) in [6.07, 6.45) is 0.934. The fourth-order valence-corrected chi connectivity index (χ4v) is 3.35. The largest absolute Gasteiger partial charge is 0.328 e. The van der Waals surface area contributed by atoms with Crippen molar-refractivity contribution in [2.24, 2.45) is 0 Å². The summed E-state index contributed by atoms with van der Waals surface area (Å²) in [5, 5.41) is 29.7. The van der Waals surface area contributed by atoms with Crippen LogP contribution in [0.5, 0.6) is 0 Å². The van der Waals surface area contributed by atoms with Gasteiger partial charge in [0.1, 0.15) is 5.82 Å². The van der Waals surface area contributed by atoms with Gasteiger partial charge < -0.3 is 4.90 Å². The van der Waals surface area contributed by atoms with Crippen molar-refractivity contribution >= 4 is 45.2 Å². The van der Waals surface area contributed by atoms with E-state index in [9.17, 15) is 10.1 Å².